The topological polar surface area (TPSA) is 128 Å². The Labute approximate surface area is 167 Å². The van der Waals surface area contributed by atoms with E-state index in [4.69, 9.17) is 4.74 Å². The van der Waals surface area contributed by atoms with Gasteiger partial charge in [-0.05, 0) is 32.0 Å². The van der Waals surface area contributed by atoms with Gasteiger partial charge in [-0.2, -0.15) is 0 Å². The van der Waals surface area contributed by atoms with E-state index in [1.54, 1.807) is 44.2 Å². The molecule has 0 aromatic heterocycles. The van der Waals surface area contributed by atoms with Gasteiger partial charge in [0.2, 0.25) is 0 Å². The SMILES string of the molecule is Cc1ccc(NC(=O)COC(=O)CC(C)NC(=O)c2ccccc2)cc1[N+](=O)[O-]. The lowest BCUT2D eigenvalue weighted by atomic mass is 10.2. The van der Waals surface area contributed by atoms with E-state index in [0.29, 0.717) is 11.1 Å². The van der Waals surface area contributed by atoms with Crippen molar-refractivity contribution in [2.45, 2.75) is 26.3 Å². The Kier molecular flexibility index (Phi) is 7.41. The van der Waals surface area contributed by atoms with Crippen molar-refractivity contribution < 1.29 is 24.0 Å². The summed E-state index contributed by atoms with van der Waals surface area (Å²) in [4.78, 5) is 46.2. The Morgan fingerprint density at radius 2 is 1.83 bits per heavy atom. The van der Waals surface area contributed by atoms with Gasteiger partial charge in [0.05, 0.1) is 11.3 Å². The van der Waals surface area contributed by atoms with Crippen molar-refractivity contribution in [2.75, 3.05) is 11.9 Å². The van der Waals surface area contributed by atoms with E-state index in [1.807, 2.05) is 0 Å². The molecule has 1 atom stereocenters. The molecular weight excluding hydrogens is 378 g/mol. The number of carbonyl (C=O) groups is 3. The number of ether oxygens (including phenoxy) is 1. The molecule has 0 aliphatic heterocycles. The molecule has 2 amide bonds. The van der Waals surface area contributed by atoms with Crippen molar-refractivity contribution >= 4 is 29.2 Å². The van der Waals surface area contributed by atoms with Crippen LogP contribution in [-0.2, 0) is 14.3 Å². The highest BCUT2D eigenvalue weighted by molar-refractivity contribution is 5.95. The van der Waals surface area contributed by atoms with E-state index >= 15 is 0 Å². The van der Waals surface area contributed by atoms with Crippen LogP contribution < -0.4 is 10.6 Å². The minimum Gasteiger partial charge on any atom is -0.455 e. The zero-order chi connectivity index (χ0) is 21.4. The number of nitrogens with zero attached hydrogens (tertiary/aromatic N) is 1. The molecule has 2 aromatic rings. The molecule has 0 heterocycles. The number of amides is 2. The molecule has 1 unspecified atom stereocenters. The predicted molar refractivity (Wildman–Crippen MR) is 105 cm³/mol. The highest BCUT2D eigenvalue weighted by Crippen LogP contribution is 2.22. The summed E-state index contributed by atoms with van der Waals surface area (Å²) >= 11 is 0. The number of nitro benzene ring substituents is 1. The monoisotopic (exact) mass is 399 g/mol. The molecule has 2 N–H and O–H groups in total. The van der Waals surface area contributed by atoms with Crippen LogP contribution in [0.4, 0.5) is 11.4 Å². The van der Waals surface area contributed by atoms with Gasteiger partial charge in [0.15, 0.2) is 6.61 Å². The molecule has 2 aromatic carbocycles. The standard InChI is InChI=1S/C20H21N3O6/c1-13-8-9-16(11-17(13)23(27)28)22-18(24)12-29-19(25)10-14(2)21-20(26)15-6-4-3-5-7-15/h3-9,11,14H,10,12H2,1-2H3,(H,21,26)(H,22,24). The average Bonchev–Trinajstić information content (AvgIpc) is 2.68. The summed E-state index contributed by atoms with van der Waals surface area (Å²) in [6, 6.07) is 12.3. The Bertz CT molecular complexity index is 914. The largest absolute Gasteiger partial charge is 0.455 e. The van der Waals surface area contributed by atoms with E-state index in [0.717, 1.165) is 0 Å². The van der Waals surface area contributed by atoms with E-state index in [1.165, 1.54) is 18.2 Å². The summed E-state index contributed by atoms with van der Waals surface area (Å²) in [5.74, 6) is -1.60. The van der Waals surface area contributed by atoms with Gasteiger partial charge in [-0.1, -0.05) is 24.3 Å². The molecule has 9 nitrogen and oxygen atoms in total. The number of hydrogen-bond acceptors (Lipinski definition) is 6. The first kappa shape index (κ1) is 21.5. The van der Waals surface area contributed by atoms with Crippen LogP contribution in [0.3, 0.4) is 0 Å². The third kappa shape index (κ3) is 6.73. The molecule has 0 spiro atoms. The fourth-order valence-electron chi connectivity index (χ4n) is 2.48. The maximum absolute atomic E-state index is 12.0. The molecule has 29 heavy (non-hydrogen) atoms. The van der Waals surface area contributed by atoms with Crippen LogP contribution in [0.1, 0.15) is 29.3 Å². The van der Waals surface area contributed by atoms with Gasteiger partial charge in [-0.25, -0.2) is 0 Å². The number of rotatable bonds is 8. The normalized spacial score (nSPS) is 11.2. The van der Waals surface area contributed by atoms with Crippen LogP contribution >= 0.6 is 0 Å². The van der Waals surface area contributed by atoms with Crippen LogP contribution in [0, 0.1) is 17.0 Å². The Hall–Kier alpha value is -3.75. The molecule has 0 aliphatic rings. The highest BCUT2D eigenvalue weighted by Gasteiger charge is 2.16. The number of benzene rings is 2. The summed E-state index contributed by atoms with van der Waals surface area (Å²) in [5.41, 5.74) is 1.04. The zero-order valence-electron chi connectivity index (χ0n) is 16.0. The molecule has 0 aliphatic carbocycles. The third-order valence-electron chi connectivity index (χ3n) is 3.94. The van der Waals surface area contributed by atoms with Crippen LogP contribution in [0.25, 0.3) is 0 Å². The van der Waals surface area contributed by atoms with Gasteiger partial charge in [0.25, 0.3) is 17.5 Å². The number of hydrogen-bond donors (Lipinski definition) is 2. The lowest BCUT2D eigenvalue weighted by Crippen LogP contribution is -2.35. The molecule has 0 bridgehead atoms. The molecule has 2 rings (SSSR count). The van der Waals surface area contributed by atoms with Crippen molar-refractivity contribution in [1.82, 2.24) is 5.32 Å². The van der Waals surface area contributed by atoms with E-state index in [2.05, 4.69) is 10.6 Å². The maximum atomic E-state index is 12.0. The smallest absolute Gasteiger partial charge is 0.308 e. The van der Waals surface area contributed by atoms with Gasteiger partial charge in [-0.3, -0.25) is 24.5 Å². The van der Waals surface area contributed by atoms with Gasteiger partial charge in [-0.15, -0.1) is 0 Å². The van der Waals surface area contributed by atoms with Crippen LogP contribution in [0.15, 0.2) is 48.5 Å². The molecule has 152 valence electrons. The maximum Gasteiger partial charge on any atom is 0.308 e. The zero-order valence-corrected chi connectivity index (χ0v) is 16.0. The second kappa shape index (κ2) is 9.98. The minimum atomic E-state index is -0.657. The quantitative estimate of drug-likeness (QED) is 0.399. The Balaban J connectivity index is 1.78. The lowest BCUT2D eigenvalue weighted by molar-refractivity contribution is -0.385. The molecule has 0 radical (unpaired) electrons. The molecular formula is C20H21N3O6. The van der Waals surface area contributed by atoms with Crippen molar-refractivity contribution in [3.63, 3.8) is 0 Å². The molecule has 0 fully saturated rings. The van der Waals surface area contributed by atoms with Crippen molar-refractivity contribution in [1.29, 1.82) is 0 Å². The summed E-state index contributed by atoms with van der Waals surface area (Å²) < 4.78 is 4.90. The van der Waals surface area contributed by atoms with Gasteiger partial charge in [0.1, 0.15) is 0 Å². The van der Waals surface area contributed by atoms with Gasteiger partial charge >= 0.3 is 5.97 Å². The Morgan fingerprint density at radius 1 is 1.14 bits per heavy atom. The predicted octanol–water partition coefficient (Wildman–Crippen LogP) is 2.59. The number of anilines is 1. The van der Waals surface area contributed by atoms with Crippen molar-refractivity contribution in [2.24, 2.45) is 0 Å². The first-order valence-electron chi connectivity index (χ1n) is 8.82. The minimum absolute atomic E-state index is 0.109. The lowest BCUT2D eigenvalue weighted by Gasteiger charge is -2.13. The van der Waals surface area contributed by atoms with Crippen LogP contribution in [0.5, 0.6) is 0 Å². The first-order chi connectivity index (χ1) is 13.8. The molecule has 0 saturated heterocycles. The summed E-state index contributed by atoms with van der Waals surface area (Å²) in [6.45, 7) is 2.69. The second-order valence-corrected chi connectivity index (χ2v) is 6.41. The number of aryl methyl sites for hydroxylation is 1. The fourth-order valence-corrected chi connectivity index (χ4v) is 2.48. The van der Waals surface area contributed by atoms with Crippen molar-refractivity contribution in [3.8, 4) is 0 Å². The Morgan fingerprint density at radius 3 is 2.48 bits per heavy atom. The third-order valence-corrected chi connectivity index (χ3v) is 3.94. The highest BCUT2D eigenvalue weighted by atomic mass is 16.6. The first-order valence-corrected chi connectivity index (χ1v) is 8.82. The fraction of sp³-hybridized carbons (Fsp3) is 0.250. The van der Waals surface area contributed by atoms with Gasteiger partial charge < -0.3 is 15.4 Å². The number of nitro groups is 1. The number of carbonyl (C=O) groups excluding carboxylic acids is 3. The van der Waals surface area contributed by atoms with Crippen molar-refractivity contribution in [3.05, 3.63) is 69.8 Å². The average molecular weight is 399 g/mol. The summed E-state index contributed by atoms with van der Waals surface area (Å²) in [7, 11) is 0. The number of nitrogens with one attached hydrogen (secondary N) is 2. The van der Waals surface area contributed by atoms with E-state index in [9.17, 15) is 24.5 Å². The van der Waals surface area contributed by atoms with E-state index < -0.39 is 29.4 Å². The molecule has 0 saturated carbocycles. The van der Waals surface area contributed by atoms with Crippen LogP contribution in [-0.4, -0.2) is 35.4 Å². The van der Waals surface area contributed by atoms with Gasteiger partial charge in [0, 0.05) is 28.9 Å². The number of esters is 1. The van der Waals surface area contributed by atoms with E-state index in [-0.39, 0.29) is 23.7 Å². The van der Waals surface area contributed by atoms with Crippen LogP contribution in [0.2, 0.25) is 0 Å². The second-order valence-electron chi connectivity index (χ2n) is 6.41. The summed E-state index contributed by atoms with van der Waals surface area (Å²) in [6.07, 6.45) is -0.109. The summed E-state index contributed by atoms with van der Waals surface area (Å²) in [5, 5.41) is 16.0. The molecule has 9 heteroatoms.